The number of nitro groups is 1. The summed E-state index contributed by atoms with van der Waals surface area (Å²) < 4.78 is 12.2. The SMILES string of the molecule is CCOc1cccc(C=c2sc3n(c2=O)C(c2ccc(Cl)c([N+](=O)[O-])c2)C(C(=O)OC)=C(C)N=3)c1. The van der Waals surface area contributed by atoms with Crippen molar-refractivity contribution in [3.05, 3.63) is 99.7 Å². The van der Waals surface area contributed by atoms with Crippen molar-refractivity contribution in [2.45, 2.75) is 19.9 Å². The van der Waals surface area contributed by atoms with Gasteiger partial charge >= 0.3 is 5.97 Å². The Bertz CT molecular complexity index is 1560. The fourth-order valence-corrected chi connectivity index (χ4v) is 5.09. The summed E-state index contributed by atoms with van der Waals surface area (Å²) in [5.74, 6) is -0.0169. The number of fused-ring (bicyclic) bond motifs is 1. The Morgan fingerprint density at radius 1 is 1.31 bits per heavy atom. The highest BCUT2D eigenvalue weighted by Crippen LogP contribution is 2.34. The van der Waals surface area contributed by atoms with E-state index in [-0.39, 0.29) is 16.3 Å². The number of methoxy groups -OCH3 is 1. The van der Waals surface area contributed by atoms with Gasteiger partial charge in [-0.15, -0.1) is 0 Å². The lowest BCUT2D eigenvalue weighted by atomic mass is 9.95. The van der Waals surface area contributed by atoms with Crippen molar-refractivity contribution >= 4 is 40.7 Å². The Balaban J connectivity index is 1.96. The van der Waals surface area contributed by atoms with E-state index in [1.54, 1.807) is 19.1 Å². The van der Waals surface area contributed by atoms with Crippen molar-refractivity contribution in [1.82, 2.24) is 4.57 Å². The number of halogens is 1. The van der Waals surface area contributed by atoms with E-state index < -0.39 is 22.5 Å². The quantitative estimate of drug-likeness (QED) is 0.284. The van der Waals surface area contributed by atoms with E-state index in [1.807, 2.05) is 31.2 Å². The number of benzene rings is 2. The fraction of sp³-hybridized carbons (Fsp3) is 0.208. The summed E-state index contributed by atoms with van der Waals surface area (Å²) in [4.78, 5) is 42.0. The molecule has 35 heavy (non-hydrogen) atoms. The van der Waals surface area contributed by atoms with Gasteiger partial charge in [-0.1, -0.05) is 41.1 Å². The van der Waals surface area contributed by atoms with Crippen LogP contribution in [0.4, 0.5) is 5.69 Å². The first-order valence-corrected chi connectivity index (χ1v) is 11.7. The largest absolute Gasteiger partial charge is 0.494 e. The summed E-state index contributed by atoms with van der Waals surface area (Å²) in [6.07, 6.45) is 1.71. The van der Waals surface area contributed by atoms with Crippen LogP contribution in [0.3, 0.4) is 0 Å². The number of nitro benzene ring substituents is 1. The van der Waals surface area contributed by atoms with Crippen LogP contribution < -0.4 is 19.6 Å². The van der Waals surface area contributed by atoms with Crippen LogP contribution in [0.15, 0.2) is 63.5 Å². The number of carbonyl (C=O) groups is 1. The number of thiazole rings is 1. The summed E-state index contributed by atoms with van der Waals surface area (Å²) in [5.41, 5.74) is 0.822. The minimum Gasteiger partial charge on any atom is -0.494 e. The minimum atomic E-state index is -0.980. The van der Waals surface area contributed by atoms with E-state index in [2.05, 4.69) is 4.99 Å². The van der Waals surface area contributed by atoms with E-state index in [0.717, 1.165) is 16.9 Å². The van der Waals surface area contributed by atoms with Crippen LogP contribution in [0, 0.1) is 10.1 Å². The molecule has 9 nitrogen and oxygen atoms in total. The van der Waals surface area contributed by atoms with Gasteiger partial charge < -0.3 is 9.47 Å². The zero-order valence-corrected chi connectivity index (χ0v) is 20.6. The van der Waals surface area contributed by atoms with E-state index >= 15 is 0 Å². The number of hydrogen-bond acceptors (Lipinski definition) is 8. The van der Waals surface area contributed by atoms with Crippen LogP contribution in [0.1, 0.15) is 31.0 Å². The predicted octanol–water partition coefficient (Wildman–Crippen LogP) is 3.37. The highest BCUT2D eigenvalue weighted by atomic mass is 35.5. The standard InChI is InChI=1S/C24H20ClN3O6S/c1-4-34-16-7-5-6-14(10-16)11-19-22(29)27-21(15-8-9-17(25)18(12-15)28(31)32)20(23(30)33-3)13(2)26-24(27)35-19/h5-12,21H,4H2,1-3H3. The van der Waals surface area contributed by atoms with Crippen LogP contribution in [-0.2, 0) is 9.53 Å². The van der Waals surface area contributed by atoms with Gasteiger partial charge in [-0.2, -0.15) is 0 Å². The molecule has 0 saturated heterocycles. The van der Waals surface area contributed by atoms with Gasteiger partial charge in [0.05, 0.1) is 40.5 Å². The molecule has 0 spiro atoms. The third-order valence-corrected chi connectivity index (χ3v) is 6.68. The number of ether oxygens (including phenoxy) is 2. The maximum Gasteiger partial charge on any atom is 0.338 e. The van der Waals surface area contributed by atoms with Crippen molar-refractivity contribution in [3.63, 3.8) is 0 Å². The van der Waals surface area contributed by atoms with Crippen LogP contribution in [0.2, 0.25) is 5.02 Å². The van der Waals surface area contributed by atoms with Crippen LogP contribution in [0.5, 0.6) is 5.75 Å². The van der Waals surface area contributed by atoms with Crippen molar-refractivity contribution in [2.24, 2.45) is 4.99 Å². The van der Waals surface area contributed by atoms with Gasteiger partial charge in [0.2, 0.25) is 0 Å². The Morgan fingerprint density at radius 3 is 2.77 bits per heavy atom. The summed E-state index contributed by atoms with van der Waals surface area (Å²) >= 11 is 7.15. The summed E-state index contributed by atoms with van der Waals surface area (Å²) in [5, 5.41) is 11.4. The maximum absolute atomic E-state index is 13.6. The Morgan fingerprint density at radius 2 is 2.09 bits per heavy atom. The molecular weight excluding hydrogens is 494 g/mol. The minimum absolute atomic E-state index is 0.0549. The normalized spacial score (nSPS) is 15.4. The topological polar surface area (TPSA) is 113 Å². The molecule has 4 rings (SSSR count). The second-order valence-electron chi connectivity index (χ2n) is 7.55. The third kappa shape index (κ3) is 4.62. The molecular formula is C24H20ClN3O6S. The molecule has 1 unspecified atom stereocenters. The van der Waals surface area contributed by atoms with Crippen molar-refractivity contribution in [3.8, 4) is 5.75 Å². The third-order valence-electron chi connectivity index (χ3n) is 5.38. The average Bonchev–Trinajstić information content (AvgIpc) is 3.12. The number of allylic oxidation sites excluding steroid dienone is 1. The lowest BCUT2D eigenvalue weighted by molar-refractivity contribution is -0.384. The highest BCUT2D eigenvalue weighted by Gasteiger charge is 2.34. The van der Waals surface area contributed by atoms with Gasteiger partial charge in [0.25, 0.3) is 11.2 Å². The van der Waals surface area contributed by atoms with Gasteiger partial charge in [-0.3, -0.25) is 19.5 Å². The molecule has 0 amide bonds. The second kappa shape index (κ2) is 9.85. The number of esters is 1. The van der Waals surface area contributed by atoms with E-state index in [4.69, 9.17) is 21.1 Å². The van der Waals surface area contributed by atoms with Gasteiger partial charge in [0.15, 0.2) is 4.80 Å². The molecule has 1 aliphatic heterocycles. The molecule has 1 atom stereocenters. The number of aromatic nitrogens is 1. The van der Waals surface area contributed by atoms with E-state index in [1.165, 1.54) is 23.8 Å². The van der Waals surface area contributed by atoms with Crippen molar-refractivity contribution in [2.75, 3.05) is 13.7 Å². The zero-order chi connectivity index (χ0) is 25.3. The first-order chi connectivity index (χ1) is 16.7. The summed E-state index contributed by atoms with van der Waals surface area (Å²) in [6, 6.07) is 10.5. The molecule has 180 valence electrons. The van der Waals surface area contributed by atoms with E-state index in [0.29, 0.717) is 33.0 Å². The molecule has 2 aromatic carbocycles. The van der Waals surface area contributed by atoms with Crippen molar-refractivity contribution < 1.29 is 19.2 Å². The smallest absolute Gasteiger partial charge is 0.338 e. The molecule has 0 N–H and O–H groups in total. The van der Waals surface area contributed by atoms with E-state index in [9.17, 15) is 19.7 Å². The first-order valence-electron chi connectivity index (χ1n) is 10.5. The molecule has 1 aromatic heterocycles. The Kier molecular flexibility index (Phi) is 6.86. The predicted molar refractivity (Wildman–Crippen MR) is 131 cm³/mol. The number of hydrogen-bond donors (Lipinski definition) is 0. The molecule has 0 bridgehead atoms. The average molecular weight is 514 g/mol. The maximum atomic E-state index is 13.6. The van der Waals surface area contributed by atoms with Gasteiger partial charge in [-0.05, 0) is 49.2 Å². The summed E-state index contributed by atoms with van der Waals surface area (Å²) in [7, 11) is 1.22. The highest BCUT2D eigenvalue weighted by molar-refractivity contribution is 7.07. The number of rotatable bonds is 6. The molecule has 11 heteroatoms. The summed E-state index contributed by atoms with van der Waals surface area (Å²) in [6.45, 7) is 4.02. The molecule has 3 aromatic rings. The first kappa shape index (κ1) is 24.4. The lowest BCUT2D eigenvalue weighted by Gasteiger charge is -2.24. The Labute approximate surface area is 208 Å². The number of nitrogens with zero attached hydrogens (tertiary/aromatic N) is 3. The van der Waals surface area contributed by atoms with Gasteiger partial charge in [0, 0.05) is 6.07 Å². The fourth-order valence-electron chi connectivity index (χ4n) is 3.86. The van der Waals surface area contributed by atoms with Crippen LogP contribution in [0.25, 0.3) is 6.08 Å². The molecule has 0 aliphatic carbocycles. The molecule has 0 saturated carbocycles. The molecule has 2 heterocycles. The molecule has 1 aliphatic rings. The van der Waals surface area contributed by atoms with Gasteiger partial charge in [-0.25, -0.2) is 9.79 Å². The second-order valence-corrected chi connectivity index (χ2v) is 8.96. The Hall–Kier alpha value is -3.76. The molecule has 0 fully saturated rings. The van der Waals surface area contributed by atoms with Crippen LogP contribution in [-0.4, -0.2) is 29.2 Å². The van der Waals surface area contributed by atoms with Crippen LogP contribution >= 0.6 is 22.9 Å². The monoisotopic (exact) mass is 513 g/mol. The lowest BCUT2D eigenvalue weighted by Crippen LogP contribution is -2.39. The van der Waals surface area contributed by atoms with Gasteiger partial charge in [0.1, 0.15) is 10.8 Å². The number of carbonyl (C=O) groups excluding carboxylic acids is 1. The van der Waals surface area contributed by atoms with Crippen molar-refractivity contribution in [1.29, 1.82) is 0 Å². The molecule has 0 radical (unpaired) electrons. The zero-order valence-electron chi connectivity index (χ0n) is 19.0.